The minimum atomic E-state index is -0.508. The second kappa shape index (κ2) is 8.29. The van der Waals surface area contributed by atoms with Crippen molar-refractivity contribution >= 4 is 12.4 Å². The molecule has 0 saturated carbocycles. The van der Waals surface area contributed by atoms with Gasteiger partial charge in [-0.15, -0.1) is 0 Å². The smallest absolute Gasteiger partial charge is 0.410 e. The predicted octanol–water partition coefficient (Wildman–Crippen LogP) is 3.29. The summed E-state index contributed by atoms with van der Waals surface area (Å²) in [5.41, 5.74) is -0.0586. The number of rotatable bonds is 5. The van der Waals surface area contributed by atoms with Crippen LogP contribution in [0.2, 0.25) is 0 Å². The third-order valence-corrected chi connectivity index (χ3v) is 4.00. The van der Waals surface area contributed by atoms with Gasteiger partial charge < -0.3 is 23.8 Å². The van der Waals surface area contributed by atoms with E-state index in [2.05, 4.69) is 0 Å². The molecule has 0 aromatic heterocycles. The van der Waals surface area contributed by atoms with Crippen LogP contribution in [0, 0.1) is 0 Å². The average Bonchev–Trinajstić information content (AvgIpc) is 2.60. The number of amides is 1. The topological polar surface area (TPSA) is 74.3 Å². The first-order valence-electron chi connectivity index (χ1n) is 8.63. The van der Waals surface area contributed by atoms with E-state index in [1.54, 1.807) is 17.0 Å². The molecule has 1 heterocycles. The van der Waals surface area contributed by atoms with Crippen molar-refractivity contribution in [3.8, 4) is 17.2 Å². The molecule has 0 atom stereocenters. The summed E-state index contributed by atoms with van der Waals surface area (Å²) < 4.78 is 22.2. The van der Waals surface area contributed by atoms with Crippen LogP contribution in [0.4, 0.5) is 4.79 Å². The van der Waals surface area contributed by atoms with Crippen molar-refractivity contribution in [3.05, 3.63) is 17.7 Å². The van der Waals surface area contributed by atoms with Gasteiger partial charge in [0.05, 0.1) is 14.2 Å². The minimum absolute atomic E-state index is 0.0847. The van der Waals surface area contributed by atoms with Crippen LogP contribution in [0.15, 0.2) is 12.1 Å². The van der Waals surface area contributed by atoms with Crippen LogP contribution in [0.5, 0.6) is 17.2 Å². The minimum Gasteiger partial charge on any atom is -0.493 e. The molecular weight excluding hydrogens is 338 g/mol. The van der Waals surface area contributed by atoms with Gasteiger partial charge in [-0.1, -0.05) is 0 Å². The molecule has 1 fully saturated rings. The molecule has 144 valence electrons. The molecule has 0 radical (unpaired) electrons. The highest BCUT2D eigenvalue weighted by Crippen LogP contribution is 2.39. The largest absolute Gasteiger partial charge is 0.493 e. The quantitative estimate of drug-likeness (QED) is 0.746. The Morgan fingerprint density at radius 1 is 1.12 bits per heavy atom. The fourth-order valence-corrected chi connectivity index (χ4v) is 2.73. The number of ether oxygens (including phenoxy) is 4. The molecule has 0 spiro atoms. The first kappa shape index (κ1) is 19.9. The van der Waals surface area contributed by atoms with Crippen LogP contribution in [0.25, 0.3) is 0 Å². The summed E-state index contributed by atoms with van der Waals surface area (Å²) in [5.74, 6) is 1.36. The fourth-order valence-electron chi connectivity index (χ4n) is 2.73. The normalized spacial score (nSPS) is 15.3. The van der Waals surface area contributed by atoms with Crippen molar-refractivity contribution in [2.24, 2.45) is 0 Å². The molecule has 0 unspecified atom stereocenters. The maximum Gasteiger partial charge on any atom is 0.410 e. The Balaban J connectivity index is 2.03. The van der Waals surface area contributed by atoms with E-state index in [0.29, 0.717) is 48.7 Å². The highest BCUT2D eigenvalue weighted by Gasteiger charge is 2.29. The Bertz CT molecular complexity index is 619. The number of likely N-dealkylation sites (tertiary alicyclic amines) is 1. The van der Waals surface area contributed by atoms with Crippen molar-refractivity contribution < 1.29 is 28.5 Å². The Kier molecular flexibility index (Phi) is 6.34. The van der Waals surface area contributed by atoms with Gasteiger partial charge in [-0.2, -0.15) is 0 Å². The SMILES string of the molecule is COc1cc(C=O)cc(OC)c1OC1CCN(C(=O)OC(C)(C)C)CC1. The van der Waals surface area contributed by atoms with E-state index < -0.39 is 5.60 Å². The summed E-state index contributed by atoms with van der Waals surface area (Å²) >= 11 is 0. The molecule has 1 saturated heterocycles. The number of nitrogens with zero attached hydrogens (tertiary/aromatic N) is 1. The molecule has 1 aromatic carbocycles. The van der Waals surface area contributed by atoms with Crippen LogP contribution in [-0.2, 0) is 4.74 Å². The molecule has 2 rings (SSSR count). The lowest BCUT2D eigenvalue weighted by Gasteiger charge is -2.33. The fraction of sp³-hybridized carbons (Fsp3) is 0.579. The van der Waals surface area contributed by atoms with E-state index in [1.165, 1.54) is 14.2 Å². The van der Waals surface area contributed by atoms with Gasteiger partial charge in [-0.3, -0.25) is 4.79 Å². The van der Waals surface area contributed by atoms with Gasteiger partial charge in [-0.25, -0.2) is 4.79 Å². The van der Waals surface area contributed by atoms with Gasteiger partial charge >= 0.3 is 6.09 Å². The van der Waals surface area contributed by atoms with Crippen LogP contribution in [0.3, 0.4) is 0 Å². The van der Waals surface area contributed by atoms with Gasteiger partial charge in [0, 0.05) is 31.5 Å². The molecule has 1 aliphatic rings. The van der Waals surface area contributed by atoms with E-state index in [-0.39, 0.29) is 12.2 Å². The van der Waals surface area contributed by atoms with Crippen LogP contribution < -0.4 is 14.2 Å². The number of aldehydes is 1. The summed E-state index contributed by atoms with van der Waals surface area (Å²) in [6, 6.07) is 3.22. The maximum atomic E-state index is 12.1. The zero-order valence-electron chi connectivity index (χ0n) is 16.0. The van der Waals surface area contributed by atoms with Crippen molar-refractivity contribution in [2.75, 3.05) is 27.3 Å². The van der Waals surface area contributed by atoms with E-state index in [0.717, 1.165) is 6.29 Å². The third kappa shape index (κ3) is 5.03. The van der Waals surface area contributed by atoms with E-state index >= 15 is 0 Å². The summed E-state index contributed by atoms with van der Waals surface area (Å²) in [5, 5.41) is 0. The van der Waals surface area contributed by atoms with Gasteiger partial charge in [-0.05, 0) is 32.9 Å². The lowest BCUT2D eigenvalue weighted by Crippen LogP contribution is -2.44. The molecule has 0 N–H and O–H groups in total. The lowest BCUT2D eigenvalue weighted by molar-refractivity contribution is 0.0122. The molecule has 7 nitrogen and oxygen atoms in total. The van der Waals surface area contributed by atoms with Crippen molar-refractivity contribution in [1.29, 1.82) is 0 Å². The lowest BCUT2D eigenvalue weighted by atomic mass is 10.1. The van der Waals surface area contributed by atoms with Crippen molar-refractivity contribution in [1.82, 2.24) is 4.90 Å². The molecule has 1 aromatic rings. The van der Waals surface area contributed by atoms with Crippen LogP contribution in [0.1, 0.15) is 44.0 Å². The standard InChI is InChI=1S/C19H27NO6/c1-19(2,3)26-18(22)20-8-6-14(7-9-20)25-17-15(23-4)10-13(12-21)11-16(17)24-5/h10-12,14H,6-9H2,1-5H3. The van der Waals surface area contributed by atoms with E-state index in [9.17, 15) is 9.59 Å². The van der Waals surface area contributed by atoms with Gasteiger partial charge in [0.2, 0.25) is 5.75 Å². The monoisotopic (exact) mass is 365 g/mol. The maximum absolute atomic E-state index is 12.1. The first-order chi connectivity index (χ1) is 12.3. The summed E-state index contributed by atoms with van der Waals surface area (Å²) in [6.07, 6.45) is 1.68. The molecule has 26 heavy (non-hydrogen) atoms. The van der Waals surface area contributed by atoms with Crippen LogP contribution in [-0.4, -0.2) is 56.3 Å². The molecule has 1 aliphatic heterocycles. The number of carbonyl (C=O) groups excluding carboxylic acids is 2. The number of piperidine rings is 1. The Morgan fingerprint density at radius 2 is 1.65 bits per heavy atom. The predicted molar refractivity (Wildman–Crippen MR) is 96.4 cm³/mol. The zero-order chi connectivity index (χ0) is 19.3. The summed E-state index contributed by atoms with van der Waals surface area (Å²) in [4.78, 5) is 24.9. The Hall–Kier alpha value is -2.44. The van der Waals surface area contributed by atoms with E-state index in [4.69, 9.17) is 18.9 Å². The number of benzene rings is 1. The number of methoxy groups -OCH3 is 2. The first-order valence-corrected chi connectivity index (χ1v) is 8.63. The van der Waals surface area contributed by atoms with Gasteiger partial charge in [0.15, 0.2) is 11.5 Å². The van der Waals surface area contributed by atoms with E-state index in [1.807, 2.05) is 20.8 Å². The number of carbonyl (C=O) groups is 2. The van der Waals surface area contributed by atoms with Crippen molar-refractivity contribution in [3.63, 3.8) is 0 Å². The summed E-state index contributed by atoms with van der Waals surface area (Å²) in [6.45, 7) is 6.65. The Morgan fingerprint density at radius 3 is 2.08 bits per heavy atom. The second-order valence-electron chi connectivity index (χ2n) is 7.16. The summed E-state index contributed by atoms with van der Waals surface area (Å²) in [7, 11) is 3.03. The zero-order valence-corrected chi connectivity index (χ0v) is 16.0. The molecule has 0 aliphatic carbocycles. The third-order valence-electron chi connectivity index (χ3n) is 4.00. The Labute approximate surface area is 154 Å². The van der Waals surface area contributed by atoms with Gasteiger partial charge in [0.1, 0.15) is 18.0 Å². The molecule has 1 amide bonds. The second-order valence-corrected chi connectivity index (χ2v) is 7.16. The number of hydrogen-bond acceptors (Lipinski definition) is 6. The molecule has 7 heteroatoms. The highest BCUT2D eigenvalue weighted by molar-refractivity contribution is 5.78. The molecule has 0 bridgehead atoms. The van der Waals surface area contributed by atoms with Crippen LogP contribution >= 0.6 is 0 Å². The molecular formula is C19H27NO6. The number of hydrogen-bond donors (Lipinski definition) is 0. The highest BCUT2D eigenvalue weighted by atomic mass is 16.6. The van der Waals surface area contributed by atoms with Gasteiger partial charge in [0.25, 0.3) is 0 Å². The average molecular weight is 365 g/mol. The van der Waals surface area contributed by atoms with Crippen molar-refractivity contribution in [2.45, 2.75) is 45.3 Å².